The molecule has 0 unspecified atom stereocenters. The van der Waals surface area contributed by atoms with E-state index < -0.39 is 0 Å². The Bertz CT molecular complexity index is 177. The van der Waals surface area contributed by atoms with Gasteiger partial charge >= 0.3 is 5.97 Å². The van der Waals surface area contributed by atoms with Crippen LogP contribution >= 0.6 is 0 Å². The summed E-state index contributed by atoms with van der Waals surface area (Å²) >= 11 is 0. The first-order valence-corrected chi connectivity index (χ1v) is 6.00. The van der Waals surface area contributed by atoms with E-state index in [0.717, 1.165) is 19.3 Å². The third kappa shape index (κ3) is 3.00. The van der Waals surface area contributed by atoms with Crippen molar-refractivity contribution in [2.75, 3.05) is 0 Å². The third-order valence-electron chi connectivity index (χ3n) is 2.98. The molecule has 2 heteroatoms. The maximum absolute atomic E-state index is 11.2. The van der Waals surface area contributed by atoms with Crippen LogP contribution in [-0.4, -0.2) is 12.1 Å². The second-order valence-corrected chi connectivity index (χ2v) is 4.22. The Morgan fingerprint density at radius 2 is 1.79 bits per heavy atom. The van der Waals surface area contributed by atoms with Gasteiger partial charge in [0.15, 0.2) is 0 Å². The highest BCUT2D eigenvalue weighted by molar-refractivity contribution is 5.78. The normalized spacial score (nSPS) is 25.7. The van der Waals surface area contributed by atoms with Gasteiger partial charge in [0.25, 0.3) is 0 Å². The zero-order valence-electron chi connectivity index (χ0n) is 9.42. The first kappa shape index (κ1) is 11.5. The van der Waals surface area contributed by atoms with Gasteiger partial charge in [0.1, 0.15) is 6.10 Å². The summed E-state index contributed by atoms with van der Waals surface area (Å²) in [5.74, 6) is 0.270. The minimum absolute atomic E-state index is 0.0416. The number of carbonyl (C=O) groups is 1. The van der Waals surface area contributed by atoms with E-state index in [1.807, 2.05) is 0 Å². The van der Waals surface area contributed by atoms with E-state index in [-0.39, 0.29) is 18.0 Å². The van der Waals surface area contributed by atoms with Crippen LogP contribution in [0.5, 0.6) is 0 Å². The summed E-state index contributed by atoms with van der Waals surface area (Å²) in [4.78, 5) is 11.2. The van der Waals surface area contributed by atoms with Crippen LogP contribution in [0.25, 0.3) is 0 Å². The minimum atomic E-state index is 0.0416. The summed E-state index contributed by atoms with van der Waals surface area (Å²) in [6.45, 7) is 4.36. The maximum Gasteiger partial charge on any atom is 0.313 e. The second kappa shape index (κ2) is 6.05. The fourth-order valence-corrected chi connectivity index (χ4v) is 1.98. The van der Waals surface area contributed by atoms with Crippen molar-refractivity contribution in [1.29, 1.82) is 0 Å². The largest absolute Gasteiger partial charge is 0.461 e. The molecule has 14 heavy (non-hydrogen) atoms. The smallest absolute Gasteiger partial charge is 0.313 e. The van der Waals surface area contributed by atoms with Gasteiger partial charge in [0.05, 0.1) is 5.92 Å². The van der Waals surface area contributed by atoms with E-state index in [1.165, 1.54) is 25.7 Å². The minimum Gasteiger partial charge on any atom is -0.461 e. The molecule has 0 amide bonds. The van der Waals surface area contributed by atoms with Gasteiger partial charge in [0.2, 0.25) is 0 Å². The number of hydrogen-bond acceptors (Lipinski definition) is 2. The molecule has 82 valence electrons. The van der Waals surface area contributed by atoms with Crippen LogP contribution in [0.2, 0.25) is 0 Å². The van der Waals surface area contributed by atoms with Crippen molar-refractivity contribution in [3.63, 3.8) is 0 Å². The summed E-state index contributed by atoms with van der Waals surface area (Å²) in [5.41, 5.74) is 0. The van der Waals surface area contributed by atoms with Crippen molar-refractivity contribution >= 4 is 5.97 Å². The lowest BCUT2D eigenvalue weighted by molar-refractivity contribution is -0.186. The fourth-order valence-electron chi connectivity index (χ4n) is 1.98. The first-order valence-electron chi connectivity index (χ1n) is 6.00. The van der Waals surface area contributed by atoms with Crippen molar-refractivity contribution in [2.45, 2.75) is 64.9 Å². The van der Waals surface area contributed by atoms with Crippen LogP contribution in [-0.2, 0) is 9.53 Å². The van der Waals surface area contributed by atoms with Gasteiger partial charge in [-0.2, -0.15) is 0 Å². The predicted molar refractivity (Wildman–Crippen MR) is 57.0 cm³/mol. The second-order valence-electron chi connectivity index (χ2n) is 4.22. The molecule has 0 aliphatic carbocycles. The number of hydrogen-bond donors (Lipinski definition) is 0. The van der Waals surface area contributed by atoms with Crippen molar-refractivity contribution in [3.8, 4) is 0 Å². The summed E-state index contributed by atoms with van der Waals surface area (Å²) in [7, 11) is 0. The number of rotatable bonds is 7. The van der Waals surface area contributed by atoms with Crippen molar-refractivity contribution in [2.24, 2.45) is 5.92 Å². The van der Waals surface area contributed by atoms with Crippen LogP contribution in [0, 0.1) is 5.92 Å². The SMILES string of the molecule is CCCCC[C@H]1OC(=O)[C@@H]1CCCC. The highest BCUT2D eigenvalue weighted by Crippen LogP contribution is 2.30. The molecule has 0 bridgehead atoms. The van der Waals surface area contributed by atoms with Gasteiger partial charge in [-0.05, 0) is 19.3 Å². The van der Waals surface area contributed by atoms with Crippen LogP contribution in [0.3, 0.4) is 0 Å². The van der Waals surface area contributed by atoms with E-state index in [2.05, 4.69) is 13.8 Å². The molecule has 1 aliphatic heterocycles. The molecule has 1 saturated heterocycles. The van der Waals surface area contributed by atoms with Gasteiger partial charge in [-0.3, -0.25) is 4.79 Å². The zero-order valence-corrected chi connectivity index (χ0v) is 9.42. The number of ether oxygens (including phenoxy) is 1. The van der Waals surface area contributed by atoms with Gasteiger partial charge in [-0.25, -0.2) is 0 Å². The molecule has 1 heterocycles. The Labute approximate surface area is 87.0 Å². The summed E-state index contributed by atoms with van der Waals surface area (Å²) < 4.78 is 5.16. The molecule has 1 aliphatic rings. The van der Waals surface area contributed by atoms with Gasteiger partial charge in [0, 0.05) is 0 Å². The molecule has 0 saturated carbocycles. The number of cyclic esters (lactones) is 1. The Morgan fingerprint density at radius 1 is 1.07 bits per heavy atom. The lowest BCUT2D eigenvalue weighted by Gasteiger charge is -2.35. The molecule has 0 N–H and O–H groups in total. The molecular formula is C12H22O2. The van der Waals surface area contributed by atoms with E-state index in [9.17, 15) is 4.79 Å². The van der Waals surface area contributed by atoms with Crippen LogP contribution in [0.4, 0.5) is 0 Å². The average Bonchev–Trinajstić information content (AvgIpc) is 2.17. The quantitative estimate of drug-likeness (QED) is 0.463. The molecule has 2 nitrogen and oxygen atoms in total. The molecule has 0 aromatic heterocycles. The summed E-state index contributed by atoms with van der Waals surface area (Å²) in [5, 5.41) is 0. The lowest BCUT2D eigenvalue weighted by atomic mass is 9.88. The number of unbranched alkanes of at least 4 members (excludes halogenated alkanes) is 3. The van der Waals surface area contributed by atoms with Crippen molar-refractivity contribution in [1.82, 2.24) is 0 Å². The topological polar surface area (TPSA) is 26.3 Å². The van der Waals surface area contributed by atoms with Gasteiger partial charge < -0.3 is 4.74 Å². The highest BCUT2D eigenvalue weighted by Gasteiger charge is 2.40. The Kier molecular flexibility index (Phi) is 4.99. The molecule has 1 rings (SSSR count). The van der Waals surface area contributed by atoms with Crippen LogP contribution < -0.4 is 0 Å². The highest BCUT2D eigenvalue weighted by atomic mass is 16.6. The Balaban J connectivity index is 2.15. The predicted octanol–water partition coefficient (Wildman–Crippen LogP) is 3.30. The van der Waals surface area contributed by atoms with Crippen LogP contribution in [0.1, 0.15) is 58.8 Å². The summed E-state index contributed by atoms with van der Waals surface area (Å²) in [6.07, 6.45) is 8.39. The van der Waals surface area contributed by atoms with Gasteiger partial charge in [-0.15, -0.1) is 0 Å². The Hall–Kier alpha value is -0.530. The zero-order chi connectivity index (χ0) is 10.4. The average molecular weight is 198 g/mol. The molecule has 2 atom stereocenters. The van der Waals surface area contributed by atoms with Crippen LogP contribution in [0.15, 0.2) is 0 Å². The maximum atomic E-state index is 11.2. The van der Waals surface area contributed by atoms with E-state index in [0.29, 0.717) is 0 Å². The number of carbonyl (C=O) groups excluding carboxylic acids is 1. The van der Waals surface area contributed by atoms with E-state index >= 15 is 0 Å². The molecule has 0 spiro atoms. The fraction of sp³-hybridized carbons (Fsp3) is 0.917. The first-order chi connectivity index (χ1) is 6.79. The third-order valence-corrected chi connectivity index (χ3v) is 2.98. The van der Waals surface area contributed by atoms with E-state index in [4.69, 9.17) is 4.74 Å². The molecular weight excluding hydrogens is 176 g/mol. The summed E-state index contributed by atoms with van der Waals surface area (Å²) in [6, 6.07) is 0. The van der Waals surface area contributed by atoms with E-state index in [1.54, 1.807) is 0 Å². The van der Waals surface area contributed by atoms with Crippen molar-refractivity contribution < 1.29 is 9.53 Å². The van der Waals surface area contributed by atoms with Crippen molar-refractivity contribution in [3.05, 3.63) is 0 Å². The van der Waals surface area contributed by atoms with Gasteiger partial charge in [-0.1, -0.05) is 39.5 Å². The Morgan fingerprint density at radius 3 is 2.36 bits per heavy atom. The molecule has 0 aromatic carbocycles. The molecule has 0 radical (unpaired) electrons. The number of esters is 1. The lowest BCUT2D eigenvalue weighted by Crippen LogP contribution is -2.44. The standard InChI is InChI=1S/C12H22O2/c1-3-5-7-9-11-10(8-6-4-2)12(13)14-11/h10-11H,3-9H2,1-2H3/t10-,11-/m1/s1. The monoisotopic (exact) mass is 198 g/mol. The molecule has 0 aromatic rings. The molecule has 1 fully saturated rings.